The summed E-state index contributed by atoms with van der Waals surface area (Å²) >= 11 is 2.97. The maximum absolute atomic E-state index is 13.0. The highest BCUT2D eigenvalue weighted by atomic mass is 32.1. The van der Waals surface area contributed by atoms with Gasteiger partial charge in [0.25, 0.3) is 5.91 Å². The lowest BCUT2D eigenvalue weighted by molar-refractivity contribution is 0.0607. The lowest BCUT2D eigenvalue weighted by Gasteiger charge is -2.23. The number of nitrogens with zero attached hydrogens (tertiary/aromatic N) is 2. The van der Waals surface area contributed by atoms with Crippen LogP contribution in [0, 0.1) is 6.92 Å². The van der Waals surface area contributed by atoms with Gasteiger partial charge >= 0.3 is 5.97 Å². The number of esters is 1. The molecule has 0 bridgehead atoms. The van der Waals surface area contributed by atoms with Crippen LogP contribution in [0.15, 0.2) is 53.9 Å². The van der Waals surface area contributed by atoms with E-state index < -0.39 is 5.97 Å². The number of aromatic nitrogens is 1. The van der Waals surface area contributed by atoms with Crippen LogP contribution < -0.4 is 5.32 Å². The molecule has 0 aliphatic carbocycles. The zero-order valence-corrected chi connectivity index (χ0v) is 20.5. The number of carbonyl (C=O) groups excluding carboxylic acids is 2. The number of benzene rings is 1. The number of thiophene rings is 2. The van der Waals surface area contributed by atoms with E-state index in [4.69, 9.17) is 9.72 Å². The van der Waals surface area contributed by atoms with Crippen LogP contribution in [0.4, 0.5) is 5.69 Å². The molecule has 1 atom stereocenters. The molecule has 1 amide bonds. The van der Waals surface area contributed by atoms with E-state index in [9.17, 15) is 9.59 Å². The van der Waals surface area contributed by atoms with E-state index in [1.165, 1.54) is 23.3 Å². The first-order valence-corrected chi connectivity index (χ1v) is 12.2. The number of aryl methyl sites for hydroxylation is 1. The summed E-state index contributed by atoms with van der Waals surface area (Å²) < 4.78 is 4.97. The molecule has 4 rings (SSSR count). The fourth-order valence-corrected chi connectivity index (χ4v) is 5.53. The molecule has 0 spiro atoms. The minimum atomic E-state index is -0.497. The number of carbonyl (C=O) groups is 2. The molecule has 0 saturated carbocycles. The SMILES string of the molecule is COC(=O)c1sc2nc(CN(C)C(C)c3cccs3)ccc2c1NC(=O)c1ccccc1C. The standard InChI is InChI=1S/C25H25N3O3S2/c1-15-8-5-6-9-18(15)23(29)27-21-19-12-11-17(26-24(19)33-22(21)25(30)31-4)14-28(3)16(2)20-10-7-13-32-20/h5-13,16H,14H2,1-4H3,(H,27,29). The van der Waals surface area contributed by atoms with E-state index in [-0.39, 0.29) is 11.9 Å². The second-order valence-corrected chi connectivity index (χ2v) is 9.81. The number of anilines is 1. The summed E-state index contributed by atoms with van der Waals surface area (Å²) in [5.74, 6) is -0.769. The Morgan fingerprint density at radius 1 is 1.15 bits per heavy atom. The minimum Gasteiger partial charge on any atom is -0.465 e. The maximum atomic E-state index is 13.0. The summed E-state index contributed by atoms with van der Waals surface area (Å²) in [5.41, 5.74) is 2.75. The van der Waals surface area contributed by atoms with Crippen LogP contribution in [0.5, 0.6) is 0 Å². The molecule has 4 aromatic rings. The molecule has 6 nitrogen and oxygen atoms in total. The zero-order valence-electron chi connectivity index (χ0n) is 18.9. The normalized spacial score (nSPS) is 12.2. The van der Waals surface area contributed by atoms with Crippen molar-refractivity contribution < 1.29 is 14.3 Å². The van der Waals surface area contributed by atoms with Gasteiger partial charge in [-0.25, -0.2) is 9.78 Å². The van der Waals surface area contributed by atoms with Gasteiger partial charge in [-0.15, -0.1) is 22.7 Å². The zero-order chi connectivity index (χ0) is 23.5. The Labute approximate surface area is 200 Å². The Kier molecular flexibility index (Phi) is 6.88. The molecular weight excluding hydrogens is 454 g/mol. The molecule has 3 aromatic heterocycles. The van der Waals surface area contributed by atoms with Gasteiger partial charge in [0, 0.05) is 28.4 Å². The van der Waals surface area contributed by atoms with Crippen LogP contribution in [0.3, 0.4) is 0 Å². The van der Waals surface area contributed by atoms with Crippen LogP contribution >= 0.6 is 22.7 Å². The monoisotopic (exact) mass is 479 g/mol. The molecule has 0 aliphatic heterocycles. The van der Waals surface area contributed by atoms with Crippen molar-refractivity contribution in [3.63, 3.8) is 0 Å². The van der Waals surface area contributed by atoms with E-state index in [1.807, 2.05) is 37.3 Å². The first-order chi connectivity index (χ1) is 15.9. The van der Waals surface area contributed by atoms with Gasteiger partial charge in [-0.2, -0.15) is 0 Å². The highest BCUT2D eigenvalue weighted by molar-refractivity contribution is 7.21. The number of nitrogens with one attached hydrogen (secondary N) is 1. The van der Waals surface area contributed by atoms with Crippen LogP contribution in [0.1, 0.15) is 49.1 Å². The summed E-state index contributed by atoms with van der Waals surface area (Å²) in [6.45, 7) is 4.71. The van der Waals surface area contributed by atoms with Gasteiger partial charge in [-0.1, -0.05) is 24.3 Å². The lowest BCUT2D eigenvalue weighted by atomic mass is 10.1. The van der Waals surface area contributed by atoms with Gasteiger partial charge in [0.1, 0.15) is 9.71 Å². The first-order valence-electron chi connectivity index (χ1n) is 10.5. The fourth-order valence-electron chi connectivity index (χ4n) is 3.61. The second-order valence-electron chi connectivity index (χ2n) is 7.83. The van der Waals surface area contributed by atoms with Crippen molar-refractivity contribution in [3.8, 4) is 0 Å². The average Bonchev–Trinajstić information content (AvgIpc) is 3.47. The third kappa shape index (κ3) is 4.83. The molecular formula is C25H25N3O3S2. The molecule has 1 unspecified atom stereocenters. The van der Waals surface area contributed by atoms with Crippen molar-refractivity contribution >= 4 is 50.5 Å². The highest BCUT2D eigenvalue weighted by Crippen LogP contribution is 2.36. The Morgan fingerprint density at radius 3 is 2.64 bits per heavy atom. The molecule has 0 saturated heterocycles. The van der Waals surface area contributed by atoms with Crippen molar-refractivity contribution in [2.75, 3.05) is 19.5 Å². The molecule has 0 aliphatic rings. The van der Waals surface area contributed by atoms with Gasteiger partial charge in [0.2, 0.25) is 0 Å². The van der Waals surface area contributed by atoms with Crippen LogP contribution in [0.25, 0.3) is 10.2 Å². The van der Waals surface area contributed by atoms with Crippen molar-refractivity contribution in [3.05, 3.63) is 80.5 Å². The van der Waals surface area contributed by atoms with Gasteiger partial charge in [-0.05, 0) is 56.1 Å². The highest BCUT2D eigenvalue weighted by Gasteiger charge is 2.23. The maximum Gasteiger partial charge on any atom is 0.350 e. The number of fused-ring (bicyclic) bond motifs is 1. The number of methoxy groups -OCH3 is 1. The minimum absolute atomic E-state index is 0.264. The van der Waals surface area contributed by atoms with Gasteiger partial charge in [0.15, 0.2) is 0 Å². The first kappa shape index (κ1) is 23.1. The smallest absolute Gasteiger partial charge is 0.350 e. The second kappa shape index (κ2) is 9.82. The Bertz CT molecular complexity index is 1300. The van der Waals surface area contributed by atoms with Crippen molar-refractivity contribution in [1.29, 1.82) is 0 Å². The van der Waals surface area contributed by atoms with E-state index in [1.54, 1.807) is 17.4 Å². The van der Waals surface area contributed by atoms with Crippen molar-refractivity contribution in [1.82, 2.24) is 9.88 Å². The Hall–Kier alpha value is -3.07. The van der Waals surface area contributed by atoms with E-state index in [0.29, 0.717) is 27.5 Å². The molecule has 33 heavy (non-hydrogen) atoms. The number of ether oxygens (including phenoxy) is 1. The number of amides is 1. The van der Waals surface area contributed by atoms with Crippen LogP contribution in [-0.4, -0.2) is 35.9 Å². The quantitative estimate of drug-likeness (QED) is 0.334. The number of rotatable bonds is 7. The number of pyridine rings is 1. The van der Waals surface area contributed by atoms with Crippen LogP contribution in [0.2, 0.25) is 0 Å². The molecule has 1 N–H and O–H groups in total. The van der Waals surface area contributed by atoms with Crippen LogP contribution in [-0.2, 0) is 11.3 Å². The topological polar surface area (TPSA) is 71.5 Å². The Balaban J connectivity index is 1.65. The molecule has 8 heteroatoms. The summed E-state index contributed by atoms with van der Waals surface area (Å²) in [7, 11) is 3.40. The van der Waals surface area contributed by atoms with Gasteiger partial charge in [-0.3, -0.25) is 9.69 Å². The van der Waals surface area contributed by atoms with E-state index in [0.717, 1.165) is 16.6 Å². The average molecular weight is 480 g/mol. The molecule has 170 valence electrons. The number of hydrogen-bond donors (Lipinski definition) is 1. The van der Waals surface area contributed by atoms with Crippen molar-refractivity contribution in [2.24, 2.45) is 0 Å². The number of hydrogen-bond acceptors (Lipinski definition) is 7. The summed E-state index contributed by atoms with van der Waals surface area (Å²) in [6.07, 6.45) is 0. The molecule has 0 radical (unpaired) electrons. The predicted molar refractivity (Wildman–Crippen MR) is 134 cm³/mol. The largest absolute Gasteiger partial charge is 0.465 e. The summed E-state index contributed by atoms with van der Waals surface area (Å²) in [4.78, 5) is 34.8. The summed E-state index contributed by atoms with van der Waals surface area (Å²) in [6, 6.07) is 15.6. The third-order valence-corrected chi connectivity index (χ3v) is 7.76. The Morgan fingerprint density at radius 2 is 1.94 bits per heavy atom. The molecule has 1 aromatic carbocycles. The van der Waals surface area contributed by atoms with Crippen molar-refractivity contribution in [2.45, 2.75) is 26.4 Å². The third-order valence-electron chi connectivity index (χ3n) is 5.64. The van der Waals surface area contributed by atoms with Gasteiger partial charge < -0.3 is 10.1 Å². The summed E-state index contributed by atoms with van der Waals surface area (Å²) in [5, 5.41) is 5.73. The van der Waals surface area contributed by atoms with Gasteiger partial charge in [0.05, 0.1) is 18.5 Å². The van der Waals surface area contributed by atoms with E-state index in [2.05, 4.69) is 41.7 Å². The fraction of sp³-hybridized carbons (Fsp3) is 0.240. The molecule has 0 fully saturated rings. The molecule has 3 heterocycles. The lowest BCUT2D eigenvalue weighted by Crippen LogP contribution is -2.21. The van der Waals surface area contributed by atoms with E-state index >= 15 is 0 Å². The predicted octanol–water partition coefficient (Wildman–Crippen LogP) is 5.90.